The standard InChI is InChI=1S/C24H23F3N4O4S2/c1-36-12-11-19(20(32)30-23-29-18(14-37-23)16-5-3-2-4-6-16)31(35-22(34)24(25,26)27)21(33)17-9-7-15(13-28)8-10-17/h2-10,14,19H,11-13,28H2,1H3,(H,29,30,32). The Morgan fingerprint density at radius 3 is 2.41 bits per heavy atom. The van der Waals surface area contributed by atoms with Crippen LogP contribution in [0.2, 0.25) is 0 Å². The van der Waals surface area contributed by atoms with E-state index in [0.717, 1.165) is 16.9 Å². The third-order valence-electron chi connectivity index (χ3n) is 5.03. The second-order valence-corrected chi connectivity index (χ2v) is 9.44. The number of nitrogens with two attached hydrogens (primary N) is 1. The topological polar surface area (TPSA) is 115 Å². The number of hydroxylamine groups is 2. The smallest absolute Gasteiger partial charge is 0.328 e. The average molecular weight is 553 g/mol. The summed E-state index contributed by atoms with van der Waals surface area (Å²) in [6.45, 7) is 0.179. The fourth-order valence-electron chi connectivity index (χ4n) is 3.14. The molecule has 2 amide bonds. The van der Waals surface area contributed by atoms with Crippen LogP contribution in [0.15, 0.2) is 60.0 Å². The number of benzene rings is 2. The van der Waals surface area contributed by atoms with Crippen molar-refractivity contribution in [3.05, 3.63) is 71.1 Å². The third kappa shape index (κ3) is 7.54. The minimum atomic E-state index is -5.39. The summed E-state index contributed by atoms with van der Waals surface area (Å²) in [6, 6.07) is 13.3. The summed E-state index contributed by atoms with van der Waals surface area (Å²) in [4.78, 5) is 47.0. The highest BCUT2D eigenvalue weighted by Crippen LogP contribution is 2.26. The van der Waals surface area contributed by atoms with Crippen molar-refractivity contribution in [1.82, 2.24) is 10.0 Å². The van der Waals surface area contributed by atoms with Crippen LogP contribution in [0.3, 0.4) is 0 Å². The minimum absolute atomic E-state index is 0.0882. The van der Waals surface area contributed by atoms with Gasteiger partial charge in [0.1, 0.15) is 0 Å². The maximum Gasteiger partial charge on any atom is 0.493 e. The quantitative estimate of drug-likeness (QED) is 0.376. The lowest BCUT2D eigenvalue weighted by Crippen LogP contribution is -2.50. The van der Waals surface area contributed by atoms with Gasteiger partial charge >= 0.3 is 12.1 Å². The molecule has 0 saturated heterocycles. The molecule has 1 heterocycles. The van der Waals surface area contributed by atoms with Crippen molar-refractivity contribution in [2.24, 2.45) is 5.73 Å². The molecule has 1 atom stereocenters. The van der Waals surface area contributed by atoms with Crippen molar-refractivity contribution >= 4 is 46.0 Å². The number of carbonyl (C=O) groups excluding carboxylic acids is 3. The maximum atomic E-state index is 13.2. The predicted molar refractivity (Wildman–Crippen MR) is 136 cm³/mol. The van der Waals surface area contributed by atoms with Gasteiger partial charge in [0, 0.05) is 23.1 Å². The van der Waals surface area contributed by atoms with E-state index >= 15 is 0 Å². The van der Waals surface area contributed by atoms with E-state index in [4.69, 9.17) is 5.73 Å². The number of aromatic nitrogens is 1. The number of hydrogen-bond donors (Lipinski definition) is 2. The summed E-state index contributed by atoms with van der Waals surface area (Å²) in [5, 5.41) is 4.59. The van der Waals surface area contributed by atoms with Crippen molar-refractivity contribution in [2.75, 3.05) is 17.3 Å². The number of hydrogen-bond acceptors (Lipinski definition) is 8. The van der Waals surface area contributed by atoms with Crippen LogP contribution < -0.4 is 11.1 Å². The zero-order valence-electron chi connectivity index (χ0n) is 19.5. The van der Waals surface area contributed by atoms with Gasteiger partial charge in [-0.25, -0.2) is 9.78 Å². The first kappa shape index (κ1) is 28.2. The molecule has 13 heteroatoms. The molecule has 3 aromatic rings. The number of amides is 2. The van der Waals surface area contributed by atoms with E-state index in [1.165, 1.54) is 36.0 Å². The highest BCUT2D eigenvalue weighted by atomic mass is 32.2. The van der Waals surface area contributed by atoms with E-state index in [0.29, 0.717) is 11.3 Å². The van der Waals surface area contributed by atoms with Crippen LogP contribution in [0.25, 0.3) is 11.3 Å². The Hall–Kier alpha value is -3.42. The Bertz CT molecular complexity index is 1220. The number of nitrogens with one attached hydrogen (secondary N) is 1. The zero-order chi connectivity index (χ0) is 27.0. The molecule has 3 N–H and O–H groups in total. The van der Waals surface area contributed by atoms with Crippen molar-refractivity contribution in [1.29, 1.82) is 0 Å². The third-order valence-corrected chi connectivity index (χ3v) is 6.44. The fraction of sp³-hybridized carbons (Fsp3) is 0.250. The Morgan fingerprint density at radius 2 is 1.81 bits per heavy atom. The van der Waals surface area contributed by atoms with Gasteiger partial charge in [0.05, 0.1) is 5.69 Å². The molecule has 0 saturated carbocycles. The Labute approximate surface area is 219 Å². The molecular formula is C24H23F3N4O4S2. The summed E-state index contributed by atoms with van der Waals surface area (Å²) in [7, 11) is 0. The molecule has 2 aromatic carbocycles. The molecule has 3 rings (SSSR count). The van der Waals surface area contributed by atoms with Gasteiger partial charge < -0.3 is 15.9 Å². The number of carbonyl (C=O) groups is 3. The van der Waals surface area contributed by atoms with Gasteiger partial charge in [-0.15, -0.1) is 11.3 Å². The van der Waals surface area contributed by atoms with E-state index < -0.39 is 30.0 Å². The summed E-state index contributed by atoms with van der Waals surface area (Å²) >= 11 is 2.40. The lowest BCUT2D eigenvalue weighted by Gasteiger charge is -2.29. The molecule has 1 aromatic heterocycles. The van der Waals surface area contributed by atoms with Crippen molar-refractivity contribution in [3.63, 3.8) is 0 Å². The first-order valence-electron chi connectivity index (χ1n) is 10.9. The molecule has 0 bridgehead atoms. The minimum Gasteiger partial charge on any atom is -0.328 e. The maximum absolute atomic E-state index is 13.2. The van der Waals surface area contributed by atoms with Crippen LogP contribution in [0.5, 0.6) is 0 Å². The zero-order valence-corrected chi connectivity index (χ0v) is 21.2. The van der Waals surface area contributed by atoms with Gasteiger partial charge in [-0.2, -0.15) is 30.0 Å². The van der Waals surface area contributed by atoms with E-state index in [-0.39, 0.29) is 34.5 Å². The van der Waals surface area contributed by atoms with Gasteiger partial charge in [0.2, 0.25) is 0 Å². The van der Waals surface area contributed by atoms with Gasteiger partial charge in [0.15, 0.2) is 11.2 Å². The van der Waals surface area contributed by atoms with Gasteiger partial charge in [-0.3, -0.25) is 9.59 Å². The number of halogens is 3. The van der Waals surface area contributed by atoms with Gasteiger partial charge in [0.25, 0.3) is 11.8 Å². The van der Waals surface area contributed by atoms with Crippen molar-refractivity contribution in [2.45, 2.75) is 25.2 Å². The molecule has 0 spiro atoms. The van der Waals surface area contributed by atoms with Crippen LogP contribution in [-0.4, -0.2) is 52.1 Å². The molecule has 0 aliphatic carbocycles. The highest BCUT2D eigenvalue weighted by molar-refractivity contribution is 7.98. The molecule has 37 heavy (non-hydrogen) atoms. The second-order valence-electron chi connectivity index (χ2n) is 7.60. The highest BCUT2D eigenvalue weighted by Gasteiger charge is 2.45. The van der Waals surface area contributed by atoms with Crippen LogP contribution in [-0.2, 0) is 21.0 Å². The number of anilines is 1. The number of rotatable bonds is 9. The first-order chi connectivity index (χ1) is 17.6. The van der Waals surface area contributed by atoms with E-state index in [2.05, 4.69) is 15.1 Å². The normalized spacial score (nSPS) is 12.0. The molecule has 0 aliphatic heterocycles. The summed E-state index contributed by atoms with van der Waals surface area (Å²) in [6.07, 6.45) is -3.76. The fourth-order valence-corrected chi connectivity index (χ4v) is 4.33. The van der Waals surface area contributed by atoms with Crippen LogP contribution in [0.4, 0.5) is 18.3 Å². The number of thiazole rings is 1. The summed E-state index contributed by atoms with van der Waals surface area (Å²) < 4.78 is 39.2. The molecular weight excluding hydrogens is 529 g/mol. The lowest BCUT2D eigenvalue weighted by atomic mass is 10.1. The van der Waals surface area contributed by atoms with Crippen LogP contribution in [0.1, 0.15) is 22.3 Å². The molecule has 8 nitrogen and oxygen atoms in total. The molecule has 0 fully saturated rings. The van der Waals surface area contributed by atoms with Crippen molar-refractivity contribution < 1.29 is 32.4 Å². The van der Waals surface area contributed by atoms with Gasteiger partial charge in [-0.1, -0.05) is 42.5 Å². The molecule has 196 valence electrons. The Balaban J connectivity index is 1.91. The molecule has 0 radical (unpaired) electrons. The largest absolute Gasteiger partial charge is 0.493 e. The summed E-state index contributed by atoms with van der Waals surface area (Å²) in [5.41, 5.74) is 7.52. The predicted octanol–water partition coefficient (Wildman–Crippen LogP) is 4.49. The Kier molecular flexibility index (Phi) is 9.66. The first-order valence-corrected chi connectivity index (χ1v) is 13.1. The van der Waals surface area contributed by atoms with E-state index in [1.807, 2.05) is 30.3 Å². The van der Waals surface area contributed by atoms with E-state index in [1.54, 1.807) is 11.6 Å². The van der Waals surface area contributed by atoms with Gasteiger partial charge in [-0.05, 0) is 36.1 Å². The number of nitrogens with zero attached hydrogens (tertiary/aromatic N) is 2. The van der Waals surface area contributed by atoms with Crippen LogP contribution >= 0.6 is 23.1 Å². The lowest BCUT2D eigenvalue weighted by molar-refractivity contribution is -0.233. The van der Waals surface area contributed by atoms with Crippen molar-refractivity contribution in [3.8, 4) is 11.3 Å². The average Bonchev–Trinajstić information content (AvgIpc) is 3.36. The molecule has 0 aliphatic rings. The molecule has 1 unspecified atom stereocenters. The summed E-state index contributed by atoms with van der Waals surface area (Å²) in [5.74, 6) is -4.29. The van der Waals surface area contributed by atoms with E-state index in [9.17, 15) is 27.6 Å². The monoisotopic (exact) mass is 552 g/mol. The number of thioether (sulfide) groups is 1. The Morgan fingerprint density at radius 1 is 1.14 bits per heavy atom. The van der Waals surface area contributed by atoms with Crippen LogP contribution in [0, 0.1) is 0 Å². The number of alkyl halides is 3. The second kappa shape index (κ2) is 12.7. The SMILES string of the molecule is CSCCC(C(=O)Nc1nc(-c2ccccc2)cs1)N(OC(=O)C(F)(F)F)C(=O)c1ccc(CN)cc1.